The fraction of sp³-hybridized carbons (Fsp3) is 0.364. The van der Waals surface area contributed by atoms with E-state index in [1.165, 1.54) is 13.2 Å². The summed E-state index contributed by atoms with van der Waals surface area (Å²) in [5.74, 6) is -1.04. The van der Waals surface area contributed by atoms with Crippen molar-refractivity contribution in [1.82, 2.24) is 0 Å². The Morgan fingerprint density at radius 1 is 1.47 bits per heavy atom. The molecule has 0 amide bonds. The minimum atomic E-state index is -0.617. The van der Waals surface area contributed by atoms with Crippen LogP contribution in [0.15, 0.2) is 12.1 Å². The van der Waals surface area contributed by atoms with Gasteiger partial charge in [-0.25, -0.2) is 9.18 Å². The lowest BCUT2D eigenvalue weighted by Crippen LogP contribution is -2.09. The van der Waals surface area contributed by atoms with Crippen molar-refractivity contribution in [1.29, 1.82) is 0 Å². The van der Waals surface area contributed by atoms with Gasteiger partial charge in [0.1, 0.15) is 5.82 Å². The van der Waals surface area contributed by atoms with E-state index in [9.17, 15) is 9.18 Å². The van der Waals surface area contributed by atoms with Gasteiger partial charge in [-0.1, -0.05) is 13.8 Å². The van der Waals surface area contributed by atoms with Gasteiger partial charge >= 0.3 is 5.97 Å². The minimum Gasteiger partial charge on any atom is -0.465 e. The molecular formula is C11H14FNO2. The smallest absolute Gasteiger partial charge is 0.340 e. The van der Waals surface area contributed by atoms with Crippen molar-refractivity contribution >= 4 is 11.7 Å². The first-order chi connectivity index (χ1) is 6.97. The summed E-state index contributed by atoms with van der Waals surface area (Å²) in [7, 11) is 1.24. The molecule has 0 aliphatic heterocycles. The van der Waals surface area contributed by atoms with Crippen LogP contribution in [0.4, 0.5) is 10.1 Å². The number of carbonyl (C=O) groups is 1. The molecule has 3 nitrogen and oxygen atoms in total. The molecule has 0 spiro atoms. The molecule has 1 rings (SSSR count). The Morgan fingerprint density at radius 3 is 2.53 bits per heavy atom. The van der Waals surface area contributed by atoms with Gasteiger partial charge in [0, 0.05) is 5.69 Å². The molecule has 82 valence electrons. The van der Waals surface area contributed by atoms with E-state index in [-0.39, 0.29) is 11.5 Å². The molecule has 0 heterocycles. The number of anilines is 1. The highest BCUT2D eigenvalue weighted by Crippen LogP contribution is 2.26. The number of hydrogen-bond acceptors (Lipinski definition) is 3. The molecule has 0 radical (unpaired) electrons. The second-order valence-electron chi connectivity index (χ2n) is 3.60. The van der Waals surface area contributed by atoms with E-state index in [0.717, 1.165) is 6.07 Å². The lowest BCUT2D eigenvalue weighted by Gasteiger charge is -2.12. The Morgan fingerprint density at radius 2 is 2.07 bits per heavy atom. The van der Waals surface area contributed by atoms with Crippen LogP contribution >= 0.6 is 0 Å². The van der Waals surface area contributed by atoms with Gasteiger partial charge in [0.05, 0.1) is 12.7 Å². The zero-order chi connectivity index (χ0) is 11.6. The first kappa shape index (κ1) is 11.5. The number of halogens is 1. The quantitative estimate of drug-likeness (QED) is 0.603. The van der Waals surface area contributed by atoms with Crippen LogP contribution < -0.4 is 5.73 Å². The molecule has 0 saturated heterocycles. The first-order valence-corrected chi connectivity index (χ1v) is 4.64. The highest BCUT2D eigenvalue weighted by molar-refractivity contribution is 5.95. The van der Waals surface area contributed by atoms with Crippen LogP contribution in [0.2, 0.25) is 0 Å². The van der Waals surface area contributed by atoms with Crippen molar-refractivity contribution in [3.8, 4) is 0 Å². The molecule has 0 saturated carbocycles. The Kier molecular flexibility index (Phi) is 3.29. The van der Waals surface area contributed by atoms with Crippen molar-refractivity contribution in [3.05, 3.63) is 29.1 Å². The van der Waals surface area contributed by atoms with Crippen LogP contribution in [0.1, 0.15) is 35.7 Å². The maximum absolute atomic E-state index is 13.2. The van der Waals surface area contributed by atoms with Gasteiger partial charge in [-0.3, -0.25) is 0 Å². The van der Waals surface area contributed by atoms with Gasteiger partial charge in [0.25, 0.3) is 0 Å². The Hall–Kier alpha value is -1.58. The third-order valence-corrected chi connectivity index (χ3v) is 2.20. The van der Waals surface area contributed by atoms with E-state index in [2.05, 4.69) is 4.74 Å². The molecule has 0 aliphatic carbocycles. The fourth-order valence-corrected chi connectivity index (χ4v) is 1.40. The summed E-state index contributed by atoms with van der Waals surface area (Å²) in [6.07, 6.45) is 0. The molecule has 15 heavy (non-hydrogen) atoms. The number of hydrogen-bond donors (Lipinski definition) is 1. The van der Waals surface area contributed by atoms with Crippen molar-refractivity contribution in [2.24, 2.45) is 0 Å². The molecule has 0 aliphatic rings. The standard InChI is InChI=1S/C11H14FNO2/c1-6(2)8-4-7(12)5-9(10(8)13)11(14)15-3/h4-6H,13H2,1-3H3. The van der Waals surface area contributed by atoms with E-state index >= 15 is 0 Å². The lowest BCUT2D eigenvalue weighted by molar-refractivity contribution is 0.0601. The molecule has 0 fully saturated rings. The van der Waals surface area contributed by atoms with E-state index in [4.69, 9.17) is 5.73 Å². The number of rotatable bonds is 2. The minimum absolute atomic E-state index is 0.0594. The van der Waals surface area contributed by atoms with Gasteiger partial charge in [-0.05, 0) is 23.6 Å². The molecule has 0 atom stereocenters. The fourth-order valence-electron chi connectivity index (χ4n) is 1.40. The maximum Gasteiger partial charge on any atom is 0.340 e. The third-order valence-electron chi connectivity index (χ3n) is 2.20. The van der Waals surface area contributed by atoms with Gasteiger partial charge in [0.2, 0.25) is 0 Å². The Bertz CT molecular complexity index is 388. The summed E-state index contributed by atoms with van der Waals surface area (Å²) >= 11 is 0. The second-order valence-corrected chi connectivity index (χ2v) is 3.60. The van der Waals surface area contributed by atoms with Gasteiger partial charge in [0.15, 0.2) is 0 Å². The highest BCUT2D eigenvalue weighted by Gasteiger charge is 2.16. The van der Waals surface area contributed by atoms with E-state index in [1.807, 2.05) is 13.8 Å². The van der Waals surface area contributed by atoms with Crippen LogP contribution in [0, 0.1) is 5.82 Å². The largest absolute Gasteiger partial charge is 0.465 e. The summed E-state index contributed by atoms with van der Waals surface area (Å²) in [6, 6.07) is 2.43. The summed E-state index contributed by atoms with van der Waals surface area (Å²) in [4.78, 5) is 11.3. The average Bonchev–Trinajstić information content (AvgIpc) is 2.19. The number of carbonyl (C=O) groups excluding carboxylic acids is 1. The van der Waals surface area contributed by atoms with Gasteiger partial charge in [-0.2, -0.15) is 0 Å². The summed E-state index contributed by atoms with van der Waals surface area (Å²) in [6.45, 7) is 3.76. The molecular weight excluding hydrogens is 197 g/mol. The van der Waals surface area contributed by atoms with Crippen molar-refractivity contribution in [3.63, 3.8) is 0 Å². The van der Waals surface area contributed by atoms with E-state index in [1.54, 1.807) is 0 Å². The normalized spacial score (nSPS) is 10.5. The van der Waals surface area contributed by atoms with Gasteiger partial charge in [-0.15, -0.1) is 0 Å². The molecule has 1 aromatic rings. The van der Waals surface area contributed by atoms with Crippen LogP contribution in [-0.4, -0.2) is 13.1 Å². The zero-order valence-electron chi connectivity index (χ0n) is 9.00. The Labute approximate surface area is 88.0 Å². The summed E-state index contributed by atoms with van der Waals surface area (Å²) in [5, 5.41) is 0. The average molecular weight is 211 g/mol. The second kappa shape index (κ2) is 4.29. The van der Waals surface area contributed by atoms with Crippen molar-refractivity contribution in [2.75, 3.05) is 12.8 Å². The SMILES string of the molecule is COC(=O)c1cc(F)cc(C(C)C)c1N. The third kappa shape index (κ3) is 2.26. The molecule has 0 aromatic heterocycles. The number of benzene rings is 1. The maximum atomic E-state index is 13.2. The van der Waals surface area contributed by atoms with Gasteiger partial charge < -0.3 is 10.5 Å². The van der Waals surface area contributed by atoms with Crippen molar-refractivity contribution < 1.29 is 13.9 Å². The van der Waals surface area contributed by atoms with Crippen LogP contribution in [0.3, 0.4) is 0 Å². The van der Waals surface area contributed by atoms with Crippen LogP contribution in [-0.2, 0) is 4.74 Å². The van der Waals surface area contributed by atoms with Crippen LogP contribution in [0.5, 0.6) is 0 Å². The molecule has 2 N–H and O–H groups in total. The van der Waals surface area contributed by atoms with Crippen molar-refractivity contribution in [2.45, 2.75) is 19.8 Å². The number of nitrogens with two attached hydrogens (primary N) is 1. The number of nitrogen functional groups attached to an aromatic ring is 1. The monoisotopic (exact) mass is 211 g/mol. The number of methoxy groups -OCH3 is 1. The summed E-state index contributed by atoms with van der Waals surface area (Å²) < 4.78 is 17.7. The first-order valence-electron chi connectivity index (χ1n) is 4.64. The molecule has 4 heteroatoms. The van der Waals surface area contributed by atoms with E-state index < -0.39 is 11.8 Å². The van der Waals surface area contributed by atoms with Crippen LogP contribution in [0.25, 0.3) is 0 Å². The predicted octanol–water partition coefficient (Wildman–Crippen LogP) is 2.32. The summed E-state index contributed by atoms with van der Waals surface area (Å²) in [5.41, 5.74) is 6.76. The number of esters is 1. The molecule has 0 unspecified atom stereocenters. The topological polar surface area (TPSA) is 52.3 Å². The Balaban J connectivity index is 3.34. The lowest BCUT2D eigenvalue weighted by atomic mass is 9.98. The molecule has 0 bridgehead atoms. The van der Waals surface area contributed by atoms with E-state index in [0.29, 0.717) is 11.3 Å². The zero-order valence-corrected chi connectivity index (χ0v) is 9.00. The number of ether oxygens (including phenoxy) is 1. The molecule has 1 aromatic carbocycles. The predicted molar refractivity (Wildman–Crippen MR) is 56.2 cm³/mol. The highest BCUT2D eigenvalue weighted by atomic mass is 19.1.